The van der Waals surface area contributed by atoms with Gasteiger partial charge in [0.05, 0.1) is 11.5 Å². The molecule has 3 rings (SSSR count). The largest absolute Gasteiger partial charge is 0.471 e. The van der Waals surface area contributed by atoms with Gasteiger partial charge in [0, 0.05) is 17.2 Å². The van der Waals surface area contributed by atoms with Crippen LogP contribution in [-0.2, 0) is 13.3 Å². The number of carbonyl (C=O) groups excluding carboxylic acids is 1. The predicted octanol–water partition coefficient (Wildman–Crippen LogP) is 2.83. The Labute approximate surface area is 174 Å². The Hall–Kier alpha value is -3.21. The summed E-state index contributed by atoms with van der Waals surface area (Å²) in [4.78, 5) is 22.8. The standard InChI is InChI=1S/C18H19BrN6O4/c1-12-17(25(27)28)13(2)24(21-12)10-8-20-18(26)16-7-9-23(22-16)11-29-15-5-3-14(19)4-6-15/h3-7,9H,8,10-11H2,1-2H3,(H,20,26). The van der Waals surface area contributed by atoms with Crippen molar-refractivity contribution in [3.63, 3.8) is 0 Å². The number of rotatable bonds is 8. The lowest BCUT2D eigenvalue weighted by Crippen LogP contribution is -2.28. The number of aromatic nitrogens is 4. The van der Waals surface area contributed by atoms with Crippen LogP contribution in [0.5, 0.6) is 5.75 Å². The topological polar surface area (TPSA) is 117 Å². The molecule has 0 aliphatic carbocycles. The smallest absolute Gasteiger partial charge is 0.312 e. The summed E-state index contributed by atoms with van der Waals surface area (Å²) in [6.07, 6.45) is 1.65. The van der Waals surface area contributed by atoms with Gasteiger partial charge in [-0.2, -0.15) is 10.2 Å². The van der Waals surface area contributed by atoms with Gasteiger partial charge < -0.3 is 10.1 Å². The molecule has 0 fully saturated rings. The molecule has 0 radical (unpaired) electrons. The number of hydrogen-bond acceptors (Lipinski definition) is 6. The van der Waals surface area contributed by atoms with Crippen LogP contribution < -0.4 is 10.1 Å². The molecule has 29 heavy (non-hydrogen) atoms. The molecule has 152 valence electrons. The van der Waals surface area contributed by atoms with Gasteiger partial charge in [0.2, 0.25) is 0 Å². The van der Waals surface area contributed by atoms with Gasteiger partial charge in [0.25, 0.3) is 5.91 Å². The van der Waals surface area contributed by atoms with E-state index in [1.54, 1.807) is 26.1 Å². The maximum Gasteiger partial charge on any atom is 0.312 e. The molecule has 2 aromatic heterocycles. The van der Waals surface area contributed by atoms with Crippen molar-refractivity contribution in [1.82, 2.24) is 24.9 Å². The van der Waals surface area contributed by atoms with Gasteiger partial charge in [0.1, 0.15) is 22.8 Å². The summed E-state index contributed by atoms with van der Waals surface area (Å²) in [6.45, 7) is 3.97. The number of carbonyl (C=O) groups is 1. The molecule has 3 aromatic rings. The van der Waals surface area contributed by atoms with Crippen molar-refractivity contribution in [2.45, 2.75) is 27.1 Å². The first-order valence-electron chi connectivity index (χ1n) is 8.73. The molecule has 0 saturated heterocycles. The minimum atomic E-state index is -0.449. The van der Waals surface area contributed by atoms with Gasteiger partial charge in [-0.3, -0.25) is 19.6 Å². The maximum atomic E-state index is 12.3. The Morgan fingerprint density at radius 2 is 1.97 bits per heavy atom. The number of hydrogen-bond donors (Lipinski definition) is 1. The van der Waals surface area contributed by atoms with Crippen molar-refractivity contribution in [2.75, 3.05) is 6.54 Å². The lowest BCUT2D eigenvalue weighted by atomic mass is 10.3. The van der Waals surface area contributed by atoms with Crippen LogP contribution >= 0.6 is 15.9 Å². The predicted molar refractivity (Wildman–Crippen MR) is 108 cm³/mol. The monoisotopic (exact) mass is 462 g/mol. The minimum Gasteiger partial charge on any atom is -0.471 e. The van der Waals surface area contributed by atoms with E-state index in [4.69, 9.17) is 4.74 Å². The minimum absolute atomic E-state index is 0.000781. The highest BCUT2D eigenvalue weighted by atomic mass is 79.9. The summed E-state index contributed by atoms with van der Waals surface area (Å²) in [5.41, 5.74) is 1.06. The van der Waals surface area contributed by atoms with Gasteiger partial charge >= 0.3 is 5.69 Å². The highest BCUT2D eigenvalue weighted by molar-refractivity contribution is 9.10. The van der Waals surface area contributed by atoms with Crippen LogP contribution in [0.25, 0.3) is 0 Å². The zero-order valence-corrected chi connectivity index (χ0v) is 17.4. The average molecular weight is 463 g/mol. The molecule has 0 spiro atoms. The fourth-order valence-electron chi connectivity index (χ4n) is 2.76. The SMILES string of the molecule is Cc1nn(CCNC(=O)c2ccn(COc3ccc(Br)cc3)n2)c(C)c1[N+](=O)[O-]. The van der Waals surface area contributed by atoms with Crippen LogP contribution in [0.3, 0.4) is 0 Å². The first-order chi connectivity index (χ1) is 13.8. The zero-order chi connectivity index (χ0) is 21.0. The number of halogens is 1. The average Bonchev–Trinajstić information content (AvgIpc) is 3.26. The Morgan fingerprint density at radius 3 is 2.62 bits per heavy atom. The van der Waals surface area contributed by atoms with E-state index in [1.807, 2.05) is 24.3 Å². The molecule has 2 heterocycles. The molecule has 0 saturated carbocycles. The lowest BCUT2D eigenvalue weighted by Gasteiger charge is -2.06. The molecule has 0 aliphatic heterocycles. The molecule has 0 unspecified atom stereocenters. The molecule has 0 bridgehead atoms. The number of aryl methyl sites for hydroxylation is 1. The summed E-state index contributed by atoms with van der Waals surface area (Å²) in [6, 6.07) is 8.98. The fraction of sp³-hybridized carbons (Fsp3) is 0.278. The molecule has 11 heteroatoms. The Bertz CT molecular complexity index is 1030. The third-order valence-electron chi connectivity index (χ3n) is 4.19. The van der Waals surface area contributed by atoms with Crippen molar-refractivity contribution in [1.29, 1.82) is 0 Å². The molecule has 1 amide bonds. The maximum absolute atomic E-state index is 12.3. The molecule has 0 atom stereocenters. The normalized spacial score (nSPS) is 10.7. The highest BCUT2D eigenvalue weighted by Crippen LogP contribution is 2.21. The zero-order valence-electron chi connectivity index (χ0n) is 15.8. The second-order valence-electron chi connectivity index (χ2n) is 6.22. The number of amides is 1. The van der Waals surface area contributed by atoms with Gasteiger partial charge in [-0.1, -0.05) is 15.9 Å². The summed E-state index contributed by atoms with van der Waals surface area (Å²) < 4.78 is 9.59. The van der Waals surface area contributed by atoms with Crippen LogP contribution in [-0.4, -0.2) is 36.9 Å². The molecule has 10 nitrogen and oxygen atoms in total. The molecular weight excluding hydrogens is 444 g/mol. The number of ether oxygens (including phenoxy) is 1. The van der Waals surface area contributed by atoms with E-state index in [0.29, 0.717) is 23.7 Å². The van der Waals surface area contributed by atoms with Crippen molar-refractivity contribution in [3.05, 3.63) is 68.2 Å². The molecule has 0 aliphatic rings. The van der Waals surface area contributed by atoms with E-state index >= 15 is 0 Å². The Morgan fingerprint density at radius 1 is 1.24 bits per heavy atom. The number of nitro groups is 1. The molecular formula is C18H19BrN6O4. The van der Waals surface area contributed by atoms with Gasteiger partial charge in [0.15, 0.2) is 6.73 Å². The summed E-state index contributed by atoms with van der Waals surface area (Å²) >= 11 is 3.36. The Kier molecular flexibility index (Phi) is 6.27. The van der Waals surface area contributed by atoms with Crippen molar-refractivity contribution in [2.24, 2.45) is 0 Å². The van der Waals surface area contributed by atoms with E-state index in [9.17, 15) is 14.9 Å². The third kappa shape index (κ3) is 4.99. The van der Waals surface area contributed by atoms with Crippen molar-refractivity contribution >= 4 is 27.5 Å². The lowest BCUT2D eigenvalue weighted by molar-refractivity contribution is -0.386. The van der Waals surface area contributed by atoms with E-state index in [2.05, 4.69) is 31.4 Å². The van der Waals surface area contributed by atoms with E-state index in [1.165, 1.54) is 9.36 Å². The second kappa shape index (κ2) is 8.86. The van der Waals surface area contributed by atoms with E-state index in [-0.39, 0.29) is 30.6 Å². The second-order valence-corrected chi connectivity index (χ2v) is 7.14. The fourth-order valence-corrected chi connectivity index (χ4v) is 3.03. The van der Waals surface area contributed by atoms with Crippen LogP contribution in [0.2, 0.25) is 0 Å². The summed E-state index contributed by atoms with van der Waals surface area (Å²) in [5.74, 6) is 0.345. The van der Waals surface area contributed by atoms with Crippen LogP contribution in [0.15, 0.2) is 41.0 Å². The van der Waals surface area contributed by atoms with Crippen molar-refractivity contribution in [3.8, 4) is 5.75 Å². The quantitative estimate of drug-likeness (QED) is 0.406. The van der Waals surface area contributed by atoms with Gasteiger partial charge in [-0.05, 0) is 44.2 Å². The summed E-state index contributed by atoms with van der Waals surface area (Å²) in [7, 11) is 0. The van der Waals surface area contributed by atoms with E-state index < -0.39 is 4.92 Å². The number of nitrogens with zero attached hydrogens (tertiary/aromatic N) is 5. The first-order valence-corrected chi connectivity index (χ1v) is 9.53. The first kappa shape index (κ1) is 20.5. The molecule has 1 N–H and O–H groups in total. The highest BCUT2D eigenvalue weighted by Gasteiger charge is 2.21. The van der Waals surface area contributed by atoms with Crippen molar-refractivity contribution < 1.29 is 14.5 Å². The third-order valence-corrected chi connectivity index (χ3v) is 4.71. The van der Waals surface area contributed by atoms with E-state index in [0.717, 1.165) is 4.47 Å². The molecule has 1 aromatic carbocycles. The number of nitrogens with one attached hydrogen (secondary N) is 1. The van der Waals surface area contributed by atoms with Crippen LogP contribution in [0.1, 0.15) is 21.9 Å². The van der Waals surface area contributed by atoms with Crippen LogP contribution in [0, 0.1) is 24.0 Å². The Balaban J connectivity index is 1.51. The number of benzene rings is 1. The van der Waals surface area contributed by atoms with Gasteiger partial charge in [-0.15, -0.1) is 0 Å². The van der Waals surface area contributed by atoms with Gasteiger partial charge in [-0.25, -0.2) is 4.68 Å². The van der Waals surface area contributed by atoms with Crippen LogP contribution in [0.4, 0.5) is 5.69 Å². The summed E-state index contributed by atoms with van der Waals surface area (Å²) in [5, 5.41) is 22.1.